The molecule has 2 aromatic rings. The number of nitrogens with zero attached hydrogens (tertiary/aromatic N) is 5. The number of hydrogen-bond donors (Lipinski definition) is 1. The molecule has 7 heteroatoms. The van der Waals surface area contributed by atoms with Crippen molar-refractivity contribution in [1.29, 1.82) is 0 Å². The normalized spacial score (nSPS) is 10.5. The van der Waals surface area contributed by atoms with Gasteiger partial charge in [-0.25, -0.2) is 9.97 Å². The number of nitrogens with one attached hydrogen (secondary N) is 1. The molecule has 2 rings (SSSR count). The molecule has 0 atom stereocenters. The first-order valence-electron chi connectivity index (χ1n) is 5.22. The lowest BCUT2D eigenvalue weighted by atomic mass is 10.3. The van der Waals surface area contributed by atoms with Gasteiger partial charge in [0.1, 0.15) is 18.0 Å². The molecule has 1 N–H and O–H groups in total. The van der Waals surface area contributed by atoms with Crippen LogP contribution >= 0.6 is 11.6 Å². The van der Waals surface area contributed by atoms with Crippen molar-refractivity contribution in [3.05, 3.63) is 29.2 Å². The molecule has 0 saturated carbocycles. The van der Waals surface area contributed by atoms with Crippen LogP contribution in [-0.2, 0) is 13.5 Å². The zero-order valence-electron chi connectivity index (χ0n) is 9.68. The van der Waals surface area contributed by atoms with Gasteiger partial charge in [0, 0.05) is 31.8 Å². The summed E-state index contributed by atoms with van der Waals surface area (Å²) in [5.74, 6) is 1.68. The van der Waals surface area contributed by atoms with Crippen LogP contribution in [-0.4, -0.2) is 31.3 Å². The van der Waals surface area contributed by atoms with Gasteiger partial charge >= 0.3 is 0 Å². The maximum Gasteiger partial charge on any atom is 0.224 e. The molecule has 0 spiro atoms. The molecule has 0 aliphatic heterocycles. The Hall–Kier alpha value is -1.69. The number of hydrogen-bond acceptors (Lipinski definition) is 5. The van der Waals surface area contributed by atoms with E-state index in [1.54, 1.807) is 12.5 Å². The number of halogens is 1. The first-order chi connectivity index (χ1) is 8.16. The van der Waals surface area contributed by atoms with E-state index in [4.69, 9.17) is 11.6 Å². The monoisotopic (exact) mass is 252 g/mol. The Morgan fingerprint density at radius 3 is 3.00 bits per heavy atom. The van der Waals surface area contributed by atoms with Gasteiger partial charge in [-0.2, -0.15) is 0 Å². The summed E-state index contributed by atoms with van der Waals surface area (Å²) in [6.07, 6.45) is 4.15. The molecule has 0 aliphatic rings. The molecule has 17 heavy (non-hydrogen) atoms. The summed E-state index contributed by atoms with van der Waals surface area (Å²) in [5, 5.41) is 11.3. The summed E-state index contributed by atoms with van der Waals surface area (Å²) in [6.45, 7) is 2.65. The van der Waals surface area contributed by atoms with E-state index in [1.807, 2.05) is 18.5 Å². The van der Waals surface area contributed by atoms with Crippen molar-refractivity contribution < 1.29 is 0 Å². The van der Waals surface area contributed by atoms with Crippen molar-refractivity contribution in [2.45, 2.75) is 13.3 Å². The van der Waals surface area contributed by atoms with Crippen molar-refractivity contribution in [1.82, 2.24) is 24.7 Å². The SMILES string of the molecule is Cc1cnc(Cl)nc1NCCc1nncn1C. The topological polar surface area (TPSA) is 68.5 Å². The van der Waals surface area contributed by atoms with Gasteiger partial charge in [0.15, 0.2) is 0 Å². The van der Waals surface area contributed by atoms with Crippen LogP contribution in [0, 0.1) is 6.92 Å². The van der Waals surface area contributed by atoms with Crippen LogP contribution in [0.1, 0.15) is 11.4 Å². The average Bonchev–Trinajstić information content (AvgIpc) is 2.70. The Bertz CT molecular complexity index is 509. The van der Waals surface area contributed by atoms with Gasteiger partial charge in [0.2, 0.25) is 5.28 Å². The van der Waals surface area contributed by atoms with E-state index >= 15 is 0 Å². The van der Waals surface area contributed by atoms with E-state index < -0.39 is 0 Å². The van der Waals surface area contributed by atoms with Crippen LogP contribution in [0.15, 0.2) is 12.5 Å². The van der Waals surface area contributed by atoms with Crippen molar-refractivity contribution in [3.63, 3.8) is 0 Å². The molecule has 0 amide bonds. The molecule has 0 aromatic carbocycles. The Morgan fingerprint density at radius 2 is 2.29 bits per heavy atom. The molecule has 0 bridgehead atoms. The quantitative estimate of drug-likeness (QED) is 0.829. The number of aryl methyl sites for hydroxylation is 2. The van der Waals surface area contributed by atoms with Crippen molar-refractivity contribution in [2.24, 2.45) is 7.05 Å². The molecule has 0 saturated heterocycles. The maximum atomic E-state index is 5.73. The summed E-state index contributed by atoms with van der Waals surface area (Å²) < 4.78 is 1.89. The second-order valence-electron chi connectivity index (χ2n) is 3.71. The highest BCUT2D eigenvalue weighted by Crippen LogP contribution is 2.12. The fraction of sp³-hybridized carbons (Fsp3) is 0.400. The van der Waals surface area contributed by atoms with Crippen molar-refractivity contribution >= 4 is 17.4 Å². The zero-order valence-corrected chi connectivity index (χ0v) is 10.4. The molecule has 90 valence electrons. The van der Waals surface area contributed by atoms with Gasteiger partial charge in [0.05, 0.1) is 0 Å². The number of anilines is 1. The minimum Gasteiger partial charge on any atom is -0.369 e. The van der Waals surface area contributed by atoms with Gasteiger partial charge in [-0.15, -0.1) is 10.2 Å². The van der Waals surface area contributed by atoms with Crippen molar-refractivity contribution in [3.8, 4) is 0 Å². The summed E-state index contributed by atoms with van der Waals surface area (Å²) >= 11 is 5.73. The van der Waals surface area contributed by atoms with E-state index in [-0.39, 0.29) is 5.28 Å². The van der Waals surface area contributed by atoms with E-state index in [0.29, 0.717) is 0 Å². The molecule has 2 heterocycles. The largest absolute Gasteiger partial charge is 0.369 e. The Morgan fingerprint density at radius 1 is 1.47 bits per heavy atom. The molecular weight excluding hydrogens is 240 g/mol. The second kappa shape index (κ2) is 5.09. The summed E-state index contributed by atoms with van der Waals surface area (Å²) in [6, 6.07) is 0. The van der Waals surface area contributed by atoms with Crippen LogP contribution in [0.3, 0.4) is 0 Å². The lowest BCUT2D eigenvalue weighted by Crippen LogP contribution is -2.10. The fourth-order valence-corrected chi connectivity index (χ4v) is 1.56. The van der Waals surface area contributed by atoms with Gasteiger partial charge < -0.3 is 9.88 Å². The van der Waals surface area contributed by atoms with Crippen LogP contribution in [0.2, 0.25) is 5.28 Å². The zero-order chi connectivity index (χ0) is 12.3. The van der Waals surface area contributed by atoms with Gasteiger partial charge in [-0.3, -0.25) is 0 Å². The van der Waals surface area contributed by atoms with Gasteiger partial charge in [0.25, 0.3) is 0 Å². The Balaban J connectivity index is 1.94. The van der Waals surface area contributed by atoms with Crippen LogP contribution in [0.5, 0.6) is 0 Å². The number of aromatic nitrogens is 5. The highest BCUT2D eigenvalue weighted by atomic mass is 35.5. The van der Waals surface area contributed by atoms with E-state index in [0.717, 1.165) is 30.2 Å². The van der Waals surface area contributed by atoms with Crippen LogP contribution in [0.25, 0.3) is 0 Å². The smallest absolute Gasteiger partial charge is 0.224 e. The van der Waals surface area contributed by atoms with E-state index in [9.17, 15) is 0 Å². The standard InChI is InChI=1S/C10H13ClN6/c1-7-5-13-10(11)15-9(7)12-4-3-8-16-14-6-17(8)2/h5-6H,3-4H2,1-2H3,(H,12,13,15). The van der Waals surface area contributed by atoms with E-state index in [2.05, 4.69) is 25.5 Å². The first-order valence-corrected chi connectivity index (χ1v) is 5.60. The summed E-state index contributed by atoms with van der Waals surface area (Å²) in [4.78, 5) is 8.01. The third-order valence-corrected chi connectivity index (χ3v) is 2.57. The summed E-state index contributed by atoms with van der Waals surface area (Å²) in [5.41, 5.74) is 0.965. The highest BCUT2D eigenvalue weighted by molar-refractivity contribution is 6.28. The maximum absolute atomic E-state index is 5.73. The molecule has 0 radical (unpaired) electrons. The lowest BCUT2D eigenvalue weighted by molar-refractivity contribution is 0.787. The Labute approximate surface area is 104 Å². The van der Waals surface area contributed by atoms with Crippen LogP contribution < -0.4 is 5.32 Å². The third kappa shape index (κ3) is 2.91. The molecule has 2 aromatic heterocycles. The fourth-order valence-electron chi connectivity index (χ4n) is 1.43. The van der Waals surface area contributed by atoms with Crippen molar-refractivity contribution in [2.75, 3.05) is 11.9 Å². The lowest BCUT2D eigenvalue weighted by Gasteiger charge is -2.07. The Kier molecular flexibility index (Phi) is 3.53. The van der Waals surface area contributed by atoms with Gasteiger partial charge in [-0.05, 0) is 18.5 Å². The molecular formula is C10H13ClN6. The molecule has 0 aliphatic carbocycles. The molecule has 0 fully saturated rings. The van der Waals surface area contributed by atoms with Crippen LogP contribution in [0.4, 0.5) is 5.82 Å². The first kappa shape index (κ1) is 11.8. The third-order valence-electron chi connectivity index (χ3n) is 2.39. The minimum absolute atomic E-state index is 0.247. The number of rotatable bonds is 4. The molecule has 6 nitrogen and oxygen atoms in total. The predicted octanol–water partition coefficient (Wildman–Crippen LogP) is 1.22. The van der Waals surface area contributed by atoms with Gasteiger partial charge in [-0.1, -0.05) is 0 Å². The average molecular weight is 253 g/mol. The second-order valence-corrected chi connectivity index (χ2v) is 4.04. The summed E-state index contributed by atoms with van der Waals surface area (Å²) in [7, 11) is 1.92. The predicted molar refractivity (Wildman–Crippen MR) is 65.0 cm³/mol. The highest BCUT2D eigenvalue weighted by Gasteiger charge is 2.03. The molecule has 0 unspecified atom stereocenters. The van der Waals surface area contributed by atoms with E-state index in [1.165, 1.54) is 0 Å². The minimum atomic E-state index is 0.247.